The van der Waals surface area contributed by atoms with Gasteiger partial charge in [-0.1, -0.05) is 18.2 Å². The van der Waals surface area contributed by atoms with Gasteiger partial charge in [-0.15, -0.1) is 10.2 Å². The van der Waals surface area contributed by atoms with E-state index in [0.29, 0.717) is 30.3 Å². The number of aromatic nitrogens is 3. The Morgan fingerprint density at radius 2 is 2.04 bits per heavy atom. The first kappa shape index (κ1) is 19.4. The molecule has 0 bridgehead atoms. The third-order valence-electron chi connectivity index (χ3n) is 5.18. The first-order valence-electron chi connectivity index (χ1n) is 9.30. The number of piperidine rings is 1. The average molecular weight is 375 g/mol. The molecular weight excluding hydrogens is 349 g/mol. The molecule has 2 N–H and O–H groups in total. The van der Waals surface area contributed by atoms with Crippen molar-refractivity contribution in [1.82, 2.24) is 25.0 Å². The first-order chi connectivity index (χ1) is 13.1. The number of rotatable bonds is 7. The molecule has 0 atom stereocenters. The Kier molecular flexibility index (Phi) is 6.52. The van der Waals surface area contributed by atoms with Gasteiger partial charge in [0.05, 0.1) is 0 Å². The molecule has 1 aliphatic heterocycles. The lowest BCUT2D eigenvalue weighted by atomic mass is 9.96. The summed E-state index contributed by atoms with van der Waals surface area (Å²) in [5.74, 6) is 1.46. The molecule has 7 nitrogen and oxygen atoms in total. The highest BCUT2D eigenvalue weighted by Gasteiger charge is 2.25. The van der Waals surface area contributed by atoms with Crippen LogP contribution in [0, 0.1) is 5.82 Å². The standard InChI is InChI=1S/C19H26FN5O2/c1-24-17(13-26)22-23-19(24)14-6-9-25(10-7-14)11-8-18(27)21-12-15-4-2-3-5-16(15)20/h2-5,14,26H,6-13H2,1H3,(H,21,27). The minimum absolute atomic E-state index is 0.0683. The van der Waals surface area contributed by atoms with Crippen LogP contribution in [0.4, 0.5) is 4.39 Å². The molecule has 27 heavy (non-hydrogen) atoms. The third kappa shape index (κ3) is 4.90. The molecule has 1 saturated heterocycles. The van der Waals surface area contributed by atoms with Gasteiger partial charge in [0.15, 0.2) is 5.82 Å². The number of hydrogen-bond donors (Lipinski definition) is 2. The monoisotopic (exact) mass is 375 g/mol. The van der Waals surface area contributed by atoms with Crippen molar-refractivity contribution in [3.05, 3.63) is 47.3 Å². The fraction of sp³-hybridized carbons (Fsp3) is 0.526. The van der Waals surface area contributed by atoms with Gasteiger partial charge in [-0.05, 0) is 32.0 Å². The van der Waals surface area contributed by atoms with Gasteiger partial charge < -0.3 is 19.9 Å². The number of amides is 1. The summed E-state index contributed by atoms with van der Waals surface area (Å²) in [7, 11) is 1.88. The molecule has 0 aliphatic carbocycles. The highest BCUT2D eigenvalue weighted by molar-refractivity contribution is 5.76. The van der Waals surface area contributed by atoms with E-state index in [1.807, 2.05) is 11.6 Å². The zero-order chi connectivity index (χ0) is 19.2. The van der Waals surface area contributed by atoms with Crippen LogP contribution in [0.3, 0.4) is 0 Å². The van der Waals surface area contributed by atoms with E-state index in [1.54, 1.807) is 18.2 Å². The van der Waals surface area contributed by atoms with E-state index >= 15 is 0 Å². The molecule has 1 aromatic carbocycles. The second-order valence-corrected chi connectivity index (χ2v) is 6.93. The molecule has 8 heteroatoms. The van der Waals surface area contributed by atoms with Crippen molar-refractivity contribution in [2.75, 3.05) is 19.6 Å². The predicted octanol–water partition coefficient (Wildman–Crippen LogP) is 1.33. The number of aliphatic hydroxyl groups is 1. The zero-order valence-electron chi connectivity index (χ0n) is 15.6. The maximum atomic E-state index is 13.6. The molecule has 0 spiro atoms. The lowest BCUT2D eigenvalue weighted by Crippen LogP contribution is -2.36. The van der Waals surface area contributed by atoms with Crippen LogP contribution >= 0.6 is 0 Å². The number of hydrogen-bond acceptors (Lipinski definition) is 5. The molecule has 146 valence electrons. The Balaban J connectivity index is 1.39. The molecule has 0 saturated carbocycles. The summed E-state index contributed by atoms with van der Waals surface area (Å²) < 4.78 is 15.4. The van der Waals surface area contributed by atoms with Crippen LogP contribution in [0.25, 0.3) is 0 Å². The number of halogens is 1. The van der Waals surface area contributed by atoms with Crippen molar-refractivity contribution in [2.24, 2.45) is 7.05 Å². The maximum Gasteiger partial charge on any atom is 0.221 e. The highest BCUT2D eigenvalue weighted by atomic mass is 19.1. The summed E-state index contributed by atoms with van der Waals surface area (Å²) in [6.45, 7) is 2.59. The Hall–Kier alpha value is -2.32. The Bertz CT molecular complexity index is 771. The van der Waals surface area contributed by atoms with Crippen molar-refractivity contribution >= 4 is 5.91 Å². The van der Waals surface area contributed by atoms with Gasteiger partial charge in [-0.25, -0.2) is 4.39 Å². The van der Waals surface area contributed by atoms with Crippen molar-refractivity contribution in [1.29, 1.82) is 0 Å². The van der Waals surface area contributed by atoms with Crippen molar-refractivity contribution in [3.63, 3.8) is 0 Å². The fourth-order valence-corrected chi connectivity index (χ4v) is 3.47. The molecule has 2 heterocycles. The fourth-order valence-electron chi connectivity index (χ4n) is 3.47. The van der Waals surface area contributed by atoms with Gasteiger partial charge in [0, 0.05) is 38.0 Å². The molecule has 1 aromatic heterocycles. The van der Waals surface area contributed by atoms with Gasteiger partial charge in [-0.2, -0.15) is 0 Å². The van der Waals surface area contributed by atoms with Gasteiger partial charge >= 0.3 is 0 Å². The van der Waals surface area contributed by atoms with Crippen molar-refractivity contribution in [2.45, 2.75) is 38.3 Å². The maximum absolute atomic E-state index is 13.6. The zero-order valence-corrected chi connectivity index (χ0v) is 15.6. The number of nitrogens with zero attached hydrogens (tertiary/aromatic N) is 4. The van der Waals surface area contributed by atoms with Gasteiger partial charge in [0.25, 0.3) is 0 Å². The summed E-state index contributed by atoms with van der Waals surface area (Å²) >= 11 is 0. The van der Waals surface area contributed by atoms with Gasteiger partial charge in [-0.3, -0.25) is 4.79 Å². The summed E-state index contributed by atoms with van der Waals surface area (Å²) in [5, 5.41) is 20.2. The normalized spacial score (nSPS) is 15.8. The van der Waals surface area contributed by atoms with E-state index in [0.717, 1.165) is 31.8 Å². The van der Waals surface area contributed by atoms with Gasteiger partial charge in [0.2, 0.25) is 5.91 Å². The Labute approximate surface area is 158 Å². The molecular formula is C19H26FN5O2. The number of nitrogens with one attached hydrogen (secondary N) is 1. The number of aliphatic hydroxyl groups excluding tert-OH is 1. The number of carbonyl (C=O) groups is 1. The summed E-state index contributed by atoms with van der Waals surface area (Å²) in [6.07, 6.45) is 2.31. The molecule has 1 fully saturated rings. The van der Waals surface area contributed by atoms with Crippen LogP contribution < -0.4 is 5.32 Å². The molecule has 3 rings (SSSR count). The van der Waals surface area contributed by atoms with Crippen LogP contribution in [0.5, 0.6) is 0 Å². The number of likely N-dealkylation sites (tertiary alicyclic amines) is 1. The lowest BCUT2D eigenvalue weighted by molar-refractivity contribution is -0.121. The van der Waals surface area contributed by atoms with Crippen LogP contribution in [-0.2, 0) is 25.0 Å². The van der Waals surface area contributed by atoms with Crippen molar-refractivity contribution < 1.29 is 14.3 Å². The number of carbonyl (C=O) groups excluding carboxylic acids is 1. The number of benzene rings is 1. The van der Waals surface area contributed by atoms with Crippen LogP contribution in [0.15, 0.2) is 24.3 Å². The second kappa shape index (κ2) is 9.05. The largest absolute Gasteiger partial charge is 0.388 e. The van der Waals surface area contributed by atoms with E-state index in [1.165, 1.54) is 6.07 Å². The van der Waals surface area contributed by atoms with Crippen molar-refractivity contribution in [3.8, 4) is 0 Å². The molecule has 2 aromatic rings. The smallest absolute Gasteiger partial charge is 0.221 e. The second-order valence-electron chi connectivity index (χ2n) is 6.93. The molecule has 1 aliphatic rings. The van der Waals surface area contributed by atoms with E-state index in [9.17, 15) is 14.3 Å². The summed E-state index contributed by atoms with van der Waals surface area (Å²) in [5.41, 5.74) is 0.498. The van der Waals surface area contributed by atoms with E-state index in [-0.39, 0.29) is 24.9 Å². The van der Waals surface area contributed by atoms with Crippen LogP contribution in [-0.4, -0.2) is 50.3 Å². The Morgan fingerprint density at radius 1 is 1.30 bits per heavy atom. The SMILES string of the molecule is Cn1c(CO)nnc1C1CCN(CCC(=O)NCc2ccccc2F)CC1. The average Bonchev–Trinajstić information content (AvgIpc) is 3.06. The summed E-state index contributed by atoms with van der Waals surface area (Å²) in [4.78, 5) is 14.3. The minimum Gasteiger partial charge on any atom is -0.388 e. The third-order valence-corrected chi connectivity index (χ3v) is 5.18. The predicted molar refractivity (Wildman–Crippen MR) is 98.2 cm³/mol. The minimum atomic E-state index is -0.298. The van der Waals surface area contributed by atoms with E-state index in [2.05, 4.69) is 20.4 Å². The van der Waals surface area contributed by atoms with Crippen LogP contribution in [0.1, 0.15) is 42.4 Å². The molecule has 0 radical (unpaired) electrons. The Morgan fingerprint density at radius 3 is 2.70 bits per heavy atom. The van der Waals surface area contributed by atoms with Crippen LogP contribution in [0.2, 0.25) is 0 Å². The highest BCUT2D eigenvalue weighted by Crippen LogP contribution is 2.26. The summed E-state index contributed by atoms with van der Waals surface area (Å²) in [6, 6.07) is 6.46. The first-order valence-corrected chi connectivity index (χ1v) is 9.30. The van der Waals surface area contributed by atoms with Gasteiger partial charge in [0.1, 0.15) is 18.2 Å². The topological polar surface area (TPSA) is 83.3 Å². The van der Waals surface area contributed by atoms with E-state index in [4.69, 9.17) is 0 Å². The quantitative estimate of drug-likeness (QED) is 0.763. The molecule has 1 amide bonds. The van der Waals surface area contributed by atoms with E-state index < -0.39 is 0 Å². The lowest BCUT2D eigenvalue weighted by Gasteiger charge is -2.31. The molecule has 0 unspecified atom stereocenters.